The van der Waals surface area contributed by atoms with Crippen LogP contribution in [0.15, 0.2) is 18.2 Å². The SMILES string of the molecule is CCc1c(C)ccc2[nH]c(C(=O)O)cc12. The van der Waals surface area contributed by atoms with E-state index in [0.29, 0.717) is 0 Å². The van der Waals surface area contributed by atoms with Crippen molar-refractivity contribution in [1.29, 1.82) is 0 Å². The first-order valence-corrected chi connectivity index (χ1v) is 4.98. The van der Waals surface area contributed by atoms with Crippen molar-refractivity contribution in [2.45, 2.75) is 20.3 Å². The molecule has 3 nitrogen and oxygen atoms in total. The van der Waals surface area contributed by atoms with Gasteiger partial charge in [0.15, 0.2) is 0 Å². The van der Waals surface area contributed by atoms with E-state index < -0.39 is 5.97 Å². The van der Waals surface area contributed by atoms with Crippen LogP contribution in [-0.4, -0.2) is 16.1 Å². The summed E-state index contributed by atoms with van der Waals surface area (Å²) in [5, 5.41) is 9.91. The van der Waals surface area contributed by atoms with Gasteiger partial charge in [0.25, 0.3) is 0 Å². The van der Waals surface area contributed by atoms with Crippen LogP contribution in [0.25, 0.3) is 10.9 Å². The molecule has 1 aromatic heterocycles. The molecule has 2 aromatic rings. The lowest BCUT2D eigenvalue weighted by atomic mass is 10.0. The first-order valence-electron chi connectivity index (χ1n) is 4.98. The molecule has 0 atom stereocenters. The average Bonchev–Trinajstić information content (AvgIpc) is 2.61. The second-order valence-electron chi connectivity index (χ2n) is 3.66. The van der Waals surface area contributed by atoms with Crippen molar-refractivity contribution < 1.29 is 9.90 Å². The van der Waals surface area contributed by atoms with Crippen LogP contribution in [0.3, 0.4) is 0 Å². The summed E-state index contributed by atoms with van der Waals surface area (Å²) >= 11 is 0. The fourth-order valence-corrected chi connectivity index (χ4v) is 1.96. The molecule has 0 fully saturated rings. The van der Waals surface area contributed by atoms with Crippen LogP contribution in [0.2, 0.25) is 0 Å². The topological polar surface area (TPSA) is 53.1 Å². The van der Waals surface area contributed by atoms with Gasteiger partial charge in [0.1, 0.15) is 5.69 Å². The standard InChI is InChI=1S/C12H13NO2/c1-3-8-7(2)4-5-10-9(8)6-11(13-10)12(14)15/h4-6,13H,3H2,1-2H3,(H,14,15). The maximum Gasteiger partial charge on any atom is 0.352 e. The minimum Gasteiger partial charge on any atom is -0.477 e. The molecule has 0 saturated carbocycles. The molecule has 2 N–H and O–H groups in total. The van der Waals surface area contributed by atoms with Crippen LogP contribution in [0.4, 0.5) is 0 Å². The van der Waals surface area contributed by atoms with Crippen LogP contribution in [-0.2, 0) is 6.42 Å². The monoisotopic (exact) mass is 203 g/mol. The van der Waals surface area contributed by atoms with Crippen LogP contribution in [0.5, 0.6) is 0 Å². The van der Waals surface area contributed by atoms with Crippen LogP contribution < -0.4 is 0 Å². The molecule has 0 aliphatic carbocycles. The van der Waals surface area contributed by atoms with E-state index in [0.717, 1.165) is 17.3 Å². The van der Waals surface area contributed by atoms with Gasteiger partial charge in [-0.05, 0) is 36.6 Å². The van der Waals surface area contributed by atoms with Gasteiger partial charge in [0.05, 0.1) is 0 Å². The molecular formula is C12H13NO2. The van der Waals surface area contributed by atoms with Crippen molar-refractivity contribution in [2.75, 3.05) is 0 Å². The van der Waals surface area contributed by atoms with Gasteiger partial charge in [-0.25, -0.2) is 4.79 Å². The molecule has 1 heterocycles. The van der Waals surface area contributed by atoms with Gasteiger partial charge in [-0.3, -0.25) is 0 Å². The highest BCUT2D eigenvalue weighted by molar-refractivity contribution is 5.95. The summed E-state index contributed by atoms with van der Waals surface area (Å²) < 4.78 is 0. The summed E-state index contributed by atoms with van der Waals surface area (Å²) in [4.78, 5) is 13.7. The number of nitrogens with one attached hydrogen (secondary N) is 1. The maximum atomic E-state index is 10.8. The van der Waals surface area contributed by atoms with Gasteiger partial charge in [0, 0.05) is 10.9 Å². The molecule has 0 aliphatic heterocycles. The third-order valence-corrected chi connectivity index (χ3v) is 2.73. The van der Waals surface area contributed by atoms with Crippen molar-refractivity contribution in [3.63, 3.8) is 0 Å². The number of aromatic amines is 1. The second-order valence-corrected chi connectivity index (χ2v) is 3.66. The molecule has 0 saturated heterocycles. The number of aromatic nitrogens is 1. The van der Waals surface area contributed by atoms with Gasteiger partial charge in [-0.15, -0.1) is 0 Å². The largest absolute Gasteiger partial charge is 0.477 e. The Bertz CT molecular complexity index is 526. The molecule has 0 radical (unpaired) electrons. The highest BCUT2D eigenvalue weighted by Crippen LogP contribution is 2.23. The summed E-state index contributed by atoms with van der Waals surface area (Å²) in [5.74, 6) is -0.911. The second kappa shape index (κ2) is 3.42. The Morgan fingerprint density at radius 1 is 1.47 bits per heavy atom. The quantitative estimate of drug-likeness (QED) is 0.788. The molecule has 0 amide bonds. The van der Waals surface area contributed by atoms with E-state index in [1.165, 1.54) is 11.1 Å². The Kier molecular flexibility index (Phi) is 2.23. The zero-order valence-electron chi connectivity index (χ0n) is 8.79. The summed E-state index contributed by atoms with van der Waals surface area (Å²) in [6.07, 6.45) is 0.917. The molecule has 0 unspecified atom stereocenters. The smallest absolute Gasteiger partial charge is 0.352 e. The number of aromatic carboxylic acids is 1. The fourth-order valence-electron chi connectivity index (χ4n) is 1.96. The molecule has 3 heteroatoms. The van der Waals surface area contributed by atoms with E-state index in [9.17, 15) is 4.79 Å². The molecular weight excluding hydrogens is 190 g/mol. The Morgan fingerprint density at radius 3 is 2.80 bits per heavy atom. The van der Waals surface area contributed by atoms with Crippen LogP contribution >= 0.6 is 0 Å². The number of carboxylic acids is 1. The van der Waals surface area contributed by atoms with Crippen molar-refractivity contribution in [3.8, 4) is 0 Å². The maximum absolute atomic E-state index is 10.8. The van der Waals surface area contributed by atoms with Crippen molar-refractivity contribution in [1.82, 2.24) is 4.98 Å². The Morgan fingerprint density at radius 2 is 2.20 bits per heavy atom. The lowest BCUT2D eigenvalue weighted by Gasteiger charge is -2.03. The number of fused-ring (bicyclic) bond motifs is 1. The minimum atomic E-state index is -0.911. The number of carboxylic acid groups (broad SMARTS) is 1. The lowest BCUT2D eigenvalue weighted by Crippen LogP contribution is -1.94. The average molecular weight is 203 g/mol. The number of rotatable bonds is 2. The van der Waals surface area contributed by atoms with E-state index in [-0.39, 0.29) is 5.69 Å². The van der Waals surface area contributed by atoms with Gasteiger partial charge in [0.2, 0.25) is 0 Å². The van der Waals surface area contributed by atoms with E-state index in [4.69, 9.17) is 5.11 Å². The van der Waals surface area contributed by atoms with Gasteiger partial charge < -0.3 is 10.1 Å². The zero-order chi connectivity index (χ0) is 11.0. The van der Waals surface area contributed by atoms with Crippen LogP contribution in [0, 0.1) is 6.92 Å². The first kappa shape index (κ1) is 9.77. The van der Waals surface area contributed by atoms with Crippen molar-refractivity contribution in [2.24, 2.45) is 0 Å². The molecule has 78 valence electrons. The molecule has 0 bridgehead atoms. The van der Waals surface area contributed by atoms with Gasteiger partial charge in [-0.2, -0.15) is 0 Å². The van der Waals surface area contributed by atoms with E-state index in [1.807, 2.05) is 19.1 Å². The minimum absolute atomic E-state index is 0.255. The summed E-state index contributed by atoms with van der Waals surface area (Å²) in [6, 6.07) is 5.66. The number of H-pyrrole nitrogens is 1. The summed E-state index contributed by atoms with van der Waals surface area (Å²) in [7, 11) is 0. The Balaban J connectivity index is 2.75. The lowest BCUT2D eigenvalue weighted by molar-refractivity contribution is 0.0691. The zero-order valence-corrected chi connectivity index (χ0v) is 8.79. The van der Waals surface area contributed by atoms with Crippen molar-refractivity contribution in [3.05, 3.63) is 35.0 Å². The number of benzene rings is 1. The fraction of sp³-hybridized carbons (Fsp3) is 0.250. The predicted molar refractivity (Wildman–Crippen MR) is 59.4 cm³/mol. The van der Waals surface area contributed by atoms with Gasteiger partial charge >= 0.3 is 5.97 Å². The van der Waals surface area contributed by atoms with Crippen molar-refractivity contribution >= 4 is 16.9 Å². The third-order valence-electron chi connectivity index (χ3n) is 2.73. The molecule has 1 aromatic carbocycles. The molecule has 2 rings (SSSR count). The van der Waals surface area contributed by atoms with E-state index in [1.54, 1.807) is 6.07 Å². The third kappa shape index (κ3) is 1.50. The normalized spacial score (nSPS) is 10.8. The van der Waals surface area contributed by atoms with E-state index >= 15 is 0 Å². The first-order chi connectivity index (χ1) is 7.13. The summed E-state index contributed by atoms with van der Waals surface area (Å²) in [5.41, 5.74) is 3.58. The Hall–Kier alpha value is -1.77. The molecule has 0 spiro atoms. The number of carbonyl (C=O) groups is 1. The van der Waals surface area contributed by atoms with Gasteiger partial charge in [-0.1, -0.05) is 13.0 Å². The van der Waals surface area contributed by atoms with E-state index in [2.05, 4.69) is 11.9 Å². The number of aryl methyl sites for hydroxylation is 2. The van der Waals surface area contributed by atoms with Crippen LogP contribution in [0.1, 0.15) is 28.5 Å². The highest BCUT2D eigenvalue weighted by atomic mass is 16.4. The summed E-state index contributed by atoms with van der Waals surface area (Å²) in [6.45, 7) is 4.13. The predicted octanol–water partition coefficient (Wildman–Crippen LogP) is 2.74. The highest BCUT2D eigenvalue weighted by Gasteiger charge is 2.10. The molecule has 0 aliphatic rings. The Labute approximate surface area is 87.7 Å². The number of hydrogen-bond donors (Lipinski definition) is 2. The number of hydrogen-bond acceptors (Lipinski definition) is 1. The molecule has 15 heavy (non-hydrogen) atoms.